The predicted octanol–water partition coefficient (Wildman–Crippen LogP) is 1.83. The molecular weight excluding hydrogens is 362 g/mol. The van der Waals surface area contributed by atoms with E-state index in [0.29, 0.717) is 12.8 Å². The second-order valence-corrected chi connectivity index (χ2v) is 9.52. The summed E-state index contributed by atoms with van der Waals surface area (Å²) in [5.41, 5.74) is -1.04. The molecule has 1 spiro atoms. The number of nitrogens with one attached hydrogen (secondary N) is 2. The highest BCUT2D eigenvalue weighted by Gasteiger charge is 2.56. The molecule has 1 aliphatic heterocycles. The summed E-state index contributed by atoms with van der Waals surface area (Å²) in [5, 5.41) is 5.54. The lowest BCUT2D eigenvalue weighted by atomic mass is 9.64. The van der Waals surface area contributed by atoms with Gasteiger partial charge in [0.2, 0.25) is 0 Å². The van der Waals surface area contributed by atoms with Crippen LogP contribution in [-0.2, 0) is 19.1 Å². The predicted molar refractivity (Wildman–Crippen MR) is 103 cm³/mol. The van der Waals surface area contributed by atoms with Crippen molar-refractivity contribution >= 4 is 23.8 Å². The van der Waals surface area contributed by atoms with Crippen LogP contribution in [0.15, 0.2) is 0 Å². The number of carbonyl (C=O) groups is 4. The molecule has 0 radical (unpaired) electrons. The van der Waals surface area contributed by atoms with E-state index < -0.39 is 36.6 Å². The maximum absolute atomic E-state index is 13.0. The number of imide groups is 1. The number of amides is 4. The summed E-state index contributed by atoms with van der Waals surface area (Å²) in [4.78, 5) is 50.2. The van der Waals surface area contributed by atoms with Crippen molar-refractivity contribution in [2.24, 2.45) is 17.3 Å². The second-order valence-electron chi connectivity index (χ2n) is 9.52. The molecule has 1 aliphatic carbocycles. The van der Waals surface area contributed by atoms with E-state index in [1.807, 2.05) is 20.8 Å². The lowest BCUT2D eigenvalue weighted by molar-refractivity contribution is -0.151. The molecule has 1 saturated heterocycles. The standard InChI is InChI=1S/C20H33N3O5/c1-12(2)14(4)21-15(24)10-28-16(25)9-23-17(26)20(22-18(23)27)8-13(3)7-19(5,6)11-20/h12-14H,7-11H2,1-6H3,(H,21,24)(H,22,27)/t13-,14-,20+/m0/s1. The van der Waals surface area contributed by atoms with Gasteiger partial charge >= 0.3 is 12.0 Å². The van der Waals surface area contributed by atoms with E-state index in [1.54, 1.807) is 0 Å². The number of hydrogen-bond acceptors (Lipinski definition) is 5. The van der Waals surface area contributed by atoms with Gasteiger partial charge in [0.25, 0.3) is 11.8 Å². The Morgan fingerprint density at radius 2 is 1.89 bits per heavy atom. The van der Waals surface area contributed by atoms with Crippen LogP contribution in [0.4, 0.5) is 4.79 Å². The largest absolute Gasteiger partial charge is 0.454 e. The van der Waals surface area contributed by atoms with E-state index in [0.717, 1.165) is 11.3 Å². The summed E-state index contributed by atoms with van der Waals surface area (Å²) < 4.78 is 4.96. The summed E-state index contributed by atoms with van der Waals surface area (Å²) >= 11 is 0. The minimum Gasteiger partial charge on any atom is -0.454 e. The molecule has 1 heterocycles. The molecule has 2 fully saturated rings. The molecule has 1 saturated carbocycles. The number of esters is 1. The molecule has 0 aromatic heterocycles. The topological polar surface area (TPSA) is 105 Å². The minimum absolute atomic E-state index is 0.0476. The van der Waals surface area contributed by atoms with Crippen LogP contribution in [-0.4, -0.2) is 53.4 Å². The molecule has 0 aromatic rings. The Balaban J connectivity index is 1.94. The van der Waals surface area contributed by atoms with Gasteiger partial charge in [0.15, 0.2) is 6.61 Å². The quantitative estimate of drug-likeness (QED) is 0.527. The monoisotopic (exact) mass is 395 g/mol. The van der Waals surface area contributed by atoms with Crippen LogP contribution in [0.1, 0.15) is 60.8 Å². The van der Waals surface area contributed by atoms with Crippen LogP contribution in [0.3, 0.4) is 0 Å². The first-order valence-corrected chi connectivity index (χ1v) is 9.94. The van der Waals surface area contributed by atoms with E-state index in [1.165, 1.54) is 0 Å². The van der Waals surface area contributed by atoms with Crippen molar-refractivity contribution in [1.29, 1.82) is 0 Å². The Labute approximate surface area is 166 Å². The van der Waals surface area contributed by atoms with Crippen molar-refractivity contribution < 1.29 is 23.9 Å². The molecule has 158 valence electrons. The second kappa shape index (κ2) is 8.09. The lowest BCUT2D eigenvalue weighted by Crippen LogP contribution is -2.54. The van der Waals surface area contributed by atoms with Crippen LogP contribution >= 0.6 is 0 Å². The van der Waals surface area contributed by atoms with Crippen LogP contribution in [0.2, 0.25) is 0 Å². The molecular formula is C20H33N3O5. The van der Waals surface area contributed by atoms with Crippen LogP contribution in [0.25, 0.3) is 0 Å². The molecule has 0 unspecified atom stereocenters. The van der Waals surface area contributed by atoms with E-state index in [4.69, 9.17) is 4.74 Å². The van der Waals surface area contributed by atoms with Crippen molar-refractivity contribution in [2.75, 3.05) is 13.2 Å². The van der Waals surface area contributed by atoms with Gasteiger partial charge < -0.3 is 15.4 Å². The Morgan fingerprint density at radius 1 is 1.25 bits per heavy atom. The van der Waals surface area contributed by atoms with Crippen molar-refractivity contribution in [2.45, 2.75) is 72.4 Å². The van der Waals surface area contributed by atoms with Gasteiger partial charge in [-0.1, -0.05) is 34.6 Å². The number of hydrogen-bond donors (Lipinski definition) is 2. The fraction of sp³-hybridized carbons (Fsp3) is 0.800. The average Bonchev–Trinajstić information content (AvgIpc) is 2.74. The van der Waals surface area contributed by atoms with Gasteiger partial charge in [-0.2, -0.15) is 0 Å². The lowest BCUT2D eigenvalue weighted by Gasteiger charge is -2.43. The van der Waals surface area contributed by atoms with E-state index in [2.05, 4.69) is 31.4 Å². The van der Waals surface area contributed by atoms with Crippen molar-refractivity contribution in [3.8, 4) is 0 Å². The SMILES string of the molecule is CC(C)[C@H](C)NC(=O)COC(=O)CN1C(=O)N[C@@]2(C[C@@H](C)CC(C)(C)C2)C1=O. The number of rotatable bonds is 6. The van der Waals surface area contributed by atoms with Gasteiger partial charge in [-0.05, 0) is 43.4 Å². The third-order valence-electron chi connectivity index (χ3n) is 5.66. The van der Waals surface area contributed by atoms with Crippen LogP contribution in [0.5, 0.6) is 0 Å². The van der Waals surface area contributed by atoms with Gasteiger partial charge in [-0.25, -0.2) is 4.79 Å². The molecule has 8 nitrogen and oxygen atoms in total. The van der Waals surface area contributed by atoms with Gasteiger partial charge in [-0.15, -0.1) is 0 Å². The van der Waals surface area contributed by atoms with E-state index >= 15 is 0 Å². The van der Waals surface area contributed by atoms with E-state index in [-0.39, 0.29) is 29.2 Å². The van der Waals surface area contributed by atoms with E-state index in [9.17, 15) is 19.2 Å². The summed E-state index contributed by atoms with van der Waals surface area (Å²) in [6.07, 6.45) is 2.07. The summed E-state index contributed by atoms with van der Waals surface area (Å²) in [6.45, 7) is 11.1. The summed E-state index contributed by atoms with van der Waals surface area (Å²) in [7, 11) is 0. The molecule has 0 bridgehead atoms. The minimum atomic E-state index is -0.956. The maximum Gasteiger partial charge on any atom is 0.326 e. The zero-order chi connectivity index (χ0) is 21.3. The fourth-order valence-electron chi connectivity index (χ4n) is 4.43. The molecule has 2 aliphatic rings. The molecule has 0 aromatic carbocycles. The highest BCUT2D eigenvalue weighted by atomic mass is 16.5. The first-order valence-electron chi connectivity index (χ1n) is 9.94. The van der Waals surface area contributed by atoms with Crippen LogP contribution < -0.4 is 10.6 Å². The van der Waals surface area contributed by atoms with Crippen molar-refractivity contribution in [1.82, 2.24) is 15.5 Å². The smallest absolute Gasteiger partial charge is 0.326 e. The highest BCUT2D eigenvalue weighted by Crippen LogP contribution is 2.46. The Bertz CT molecular complexity index is 660. The highest BCUT2D eigenvalue weighted by molar-refractivity contribution is 6.08. The Morgan fingerprint density at radius 3 is 2.46 bits per heavy atom. The number of ether oxygens (including phenoxy) is 1. The third-order valence-corrected chi connectivity index (χ3v) is 5.66. The maximum atomic E-state index is 13.0. The third kappa shape index (κ3) is 5.02. The Hall–Kier alpha value is -2.12. The first kappa shape index (κ1) is 22.2. The molecule has 3 atom stereocenters. The van der Waals surface area contributed by atoms with Crippen LogP contribution in [0, 0.1) is 17.3 Å². The molecule has 2 rings (SSSR count). The first-order chi connectivity index (χ1) is 12.8. The van der Waals surface area contributed by atoms with Gasteiger partial charge in [0.1, 0.15) is 12.1 Å². The Kier molecular flexibility index (Phi) is 6.41. The summed E-state index contributed by atoms with van der Waals surface area (Å²) in [6, 6.07) is -0.627. The number of nitrogens with zero attached hydrogens (tertiary/aromatic N) is 1. The molecule has 4 amide bonds. The normalized spacial score (nSPS) is 27.7. The van der Waals surface area contributed by atoms with Gasteiger partial charge in [-0.3, -0.25) is 19.3 Å². The molecule has 8 heteroatoms. The summed E-state index contributed by atoms with van der Waals surface area (Å²) in [5.74, 6) is -1.04. The number of urea groups is 1. The molecule has 28 heavy (non-hydrogen) atoms. The molecule has 2 N–H and O–H groups in total. The zero-order valence-electron chi connectivity index (χ0n) is 17.8. The van der Waals surface area contributed by atoms with Crippen molar-refractivity contribution in [3.63, 3.8) is 0 Å². The zero-order valence-corrected chi connectivity index (χ0v) is 17.8. The number of carbonyl (C=O) groups excluding carboxylic acids is 4. The average molecular weight is 396 g/mol. The van der Waals surface area contributed by atoms with Crippen molar-refractivity contribution in [3.05, 3.63) is 0 Å². The van der Waals surface area contributed by atoms with Gasteiger partial charge in [0, 0.05) is 6.04 Å². The van der Waals surface area contributed by atoms with Gasteiger partial charge in [0.05, 0.1) is 0 Å². The fourth-order valence-corrected chi connectivity index (χ4v) is 4.43.